The lowest BCUT2D eigenvalue weighted by Crippen LogP contribution is -2.42. The number of hydrogen-bond acceptors (Lipinski definition) is 5. The number of nitrogens with one attached hydrogen (secondary N) is 2. The van der Waals surface area contributed by atoms with Crippen LogP contribution in [-0.4, -0.2) is 49.6 Å². The zero-order chi connectivity index (χ0) is 19.8. The van der Waals surface area contributed by atoms with Crippen molar-refractivity contribution in [2.45, 2.75) is 38.8 Å². The lowest BCUT2D eigenvalue weighted by molar-refractivity contribution is 0.245. The normalized spacial score (nSPS) is 16.2. The van der Waals surface area contributed by atoms with Gasteiger partial charge < -0.3 is 15.4 Å². The Morgan fingerprint density at radius 1 is 1.25 bits per heavy atom. The van der Waals surface area contributed by atoms with Crippen LogP contribution in [0.2, 0.25) is 0 Å². The van der Waals surface area contributed by atoms with E-state index in [0.29, 0.717) is 12.6 Å². The van der Waals surface area contributed by atoms with Crippen molar-refractivity contribution in [3.8, 4) is 5.75 Å². The van der Waals surface area contributed by atoms with E-state index in [4.69, 9.17) is 4.74 Å². The Balaban J connectivity index is 1.60. The molecule has 152 valence electrons. The van der Waals surface area contributed by atoms with Crippen molar-refractivity contribution in [3.05, 3.63) is 45.9 Å². The molecule has 1 aromatic carbocycles. The van der Waals surface area contributed by atoms with Crippen molar-refractivity contribution >= 4 is 17.3 Å². The van der Waals surface area contributed by atoms with E-state index in [1.165, 1.54) is 23.3 Å². The summed E-state index contributed by atoms with van der Waals surface area (Å²) in [6, 6.07) is 8.74. The van der Waals surface area contributed by atoms with Gasteiger partial charge in [0.2, 0.25) is 0 Å². The molecule has 1 fully saturated rings. The van der Waals surface area contributed by atoms with Gasteiger partial charge >= 0.3 is 0 Å². The van der Waals surface area contributed by atoms with E-state index in [1.54, 1.807) is 18.4 Å². The lowest BCUT2D eigenvalue weighted by atomic mass is 10.1. The molecule has 0 amide bonds. The van der Waals surface area contributed by atoms with E-state index in [2.05, 4.69) is 44.6 Å². The highest BCUT2D eigenvalue weighted by atomic mass is 32.1. The third-order valence-electron chi connectivity index (χ3n) is 5.13. The summed E-state index contributed by atoms with van der Waals surface area (Å²) in [6.45, 7) is 5.95. The summed E-state index contributed by atoms with van der Waals surface area (Å²) in [5.41, 5.74) is 1.30. The Morgan fingerprint density at radius 3 is 2.61 bits per heavy atom. The number of thiazole rings is 1. The van der Waals surface area contributed by atoms with Gasteiger partial charge in [0.25, 0.3) is 0 Å². The van der Waals surface area contributed by atoms with Crippen molar-refractivity contribution < 1.29 is 4.74 Å². The van der Waals surface area contributed by atoms with Gasteiger partial charge in [0.05, 0.1) is 19.7 Å². The molecule has 0 aliphatic carbocycles. The lowest BCUT2D eigenvalue weighted by Gasteiger charge is -2.29. The molecule has 1 atom stereocenters. The molecule has 3 rings (SSSR count). The minimum absolute atomic E-state index is 0.318. The summed E-state index contributed by atoms with van der Waals surface area (Å²) < 4.78 is 5.31. The standard InChI is InChI=1S/C21H31N5OS/c1-4-18-13-23-20(28-18)15-25-21(22-2)24-14-19(26-11-5-6-12-26)16-7-9-17(27-3)10-8-16/h7-10,13,19H,4-6,11-12,14-15H2,1-3H3,(H2,22,24,25). The van der Waals surface area contributed by atoms with E-state index in [1.807, 2.05) is 25.4 Å². The number of aliphatic imine (C=N–C) groups is 1. The fraction of sp³-hybridized carbons (Fsp3) is 0.524. The molecule has 2 heterocycles. The fourth-order valence-corrected chi connectivity index (χ4v) is 4.31. The number of rotatable bonds is 8. The third-order valence-corrected chi connectivity index (χ3v) is 6.27. The summed E-state index contributed by atoms with van der Waals surface area (Å²) >= 11 is 1.75. The maximum Gasteiger partial charge on any atom is 0.191 e. The van der Waals surface area contributed by atoms with Gasteiger partial charge in [-0.05, 0) is 50.0 Å². The molecule has 1 aliphatic rings. The Bertz CT molecular complexity index is 752. The molecule has 0 spiro atoms. The van der Waals surface area contributed by atoms with Crippen LogP contribution >= 0.6 is 11.3 Å². The highest BCUT2D eigenvalue weighted by Gasteiger charge is 2.23. The van der Waals surface area contributed by atoms with Crippen molar-refractivity contribution in [1.82, 2.24) is 20.5 Å². The number of hydrogen-bond donors (Lipinski definition) is 2. The number of guanidine groups is 1. The van der Waals surface area contributed by atoms with Crippen LogP contribution in [0, 0.1) is 0 Å². The molecule has 1 aliphatic heterocycles. The monoisotopic (exact) mass is 401 g/mol. The first-order chi connectivity index (χ1) is 13.7. The van der Waals surface area contributed by atoms with Crippen LogP contribution in [-0.2, 0) is 13.0 Å². The zero-order valence-corrected chi connectivity index (χ0v) is 17.9. The van der Waals surface area contributed by atoms with Gasteiger partial charge in [-0.2, -0.15) is 0 Å². The Morgan fingerprint density at radius 2 is 2.00 bits per heavy atom. The van der Waals surface area contributed by atoms with Crippen LogP contribution in [0.15, 0.2) is 35.5 Å². The summed E-state index contributed by atoms with van der Waals surface area (Å²) in [6.07, 6.45) is 5.53. The van der Waals surface area contributed by atoms with Gasteiger partial charge in [0.1, 0.15) is 10.8 Å². The molecule has 0 bridgehead atoms. The molecular formula is C21H31N5OS. The molecule has 6 nitrogen and oxygen atoms in total. The summed E-state index contributed by atoms with van der Waals surface area (Å²) in [5.74, 6) is 1.70. The SMILES string of the molecule is CCc1cnc(CNC(=NC)NCC(c2ccc(OC)cc2)N2CCCC2)s1. The third kappa shape index (κ3) is 5.45. The van der Waals surface area contributed by atoms with Gasteiger partial charge in [-0.25, -0.2) is 4.98 Å². The summed E-state index contributed by atoms with van der Waals surface area (Å²) in [5, 5.41) is 7.98. The first-order valence-electron chi connectivity index (χ1n) is 9.99. The van der Waals surface area contributed by atoms with E-state index >= 15 is 0 Å². The summed E-state index contributed by atoms with van der Waals surface area (Å²) in [4.78, 5) is 12.7. The predicted molar refractivity (Wildman–Crippen MR) is 116 cm³/mol. The van der Waals surface area contributed by atoms with Crippen LogP contribution in [0.3, 0.4) is 0 Å². The Hall–Kier alpha value is -2.12. The molecule has 2 N–H and O–H groups in total. The van der Waals surface area contributed by atoms with Crippen LogP contribution in [0.5, 0.6) is 5.75 Å². The van der Waals surface area contributed by atoms with Gasteiger partial charge in [-0.15, -0.1) is 11.3 Å². The van der Waals surface area contributed by atoms with Gasteiger partial charge in [0, 0.05) is 24.7 Å². The number of benzene rings is 1. The molecule has 1 aromatic heterocycles. The highest BCUT2D eigenvalue weighted by molar-refractivity contribution is 7.11. The molecule has 2 aromatic rings. The number of methoxy groups -OCH3 is 1. The molecule has 1 saturated heterocycles. The minimum atomic E-state index is 0.318. The summed E-state index contributed by atoms with van der Waals surface area (Å²) in [7, 11) is 3.52. The second-order valence-electron chi connectivity index (χ2n) is 6.91. The molecule has 7 heteroatoms. The zero-order valence-electron chi connectivity index (χ0n) is 17.1. The number of aryl methyl sites for hydroxylation is 1. The second kappa shape index (κ2) is 10.4. The van der Waals surface area contributed by atoms with E-state index < -0.39 is 0 Å². The largest absolute Gasteiger partial charge is 0.497 e. The molecule has 1 unspecified atom stereocenters. The minimum Gasteiger partial charge on any atom is -0.497 e. The van der Waals surface area contributed by atoms with Crippen molar-refractivity contribution in [1.29, 1.82) is 0 Å². The van der Waals surface area contributed by atoms with Crippen LogP contribution < -0.4 is 15.4 Å². The van der Waals surface area contributed by atoms with Crippen molar-refractivity contribution in [3.63, 3.8) is 0 Å². The average Bonchev–Trinajstić information content (AvgIpc) is 3.43. The van der Waals surface area contributed by atoms with Crippen LogP contribution in [0.1, 0.15) is 41.3 Å². The van der Waals surface area contributed by atoms with Crippen molar-refractivity contribution in [2.75, 3.05) is 33.8 Å². The highest BCUT2D eigenvalue weighted by Crippen LogP contribution is 2.26. The molecule has 28 heavy (non-hydrogen) atoms. The average molecular weight is 402 g/mol. The van der Waals surface area contributed by atoms with Crippen LogP contribution in [0.4, 0.5) is 0 Å². The first-order valence-corrected chi connectivity index (χ1v) is 10.8. The maximum atomic E-state index is 5.31. The van der Waals surface area contributed by atoms with Gasteiger partial charge in [-0.1, -0.05) is 19.1 Å². The quantitative estimate of drug-likeness (QED) is 0.525. The predicted octanol–water partition coefficient (Wildman–Crippen LogP) is 3.22. The Kier molecular flexibility index (Phi) is 7.68. The van der Waals surface area contributed by atoms with E-state index in [-0.39, 0.29) is 0 Å². The van der Waals surface area contributed by atoms with Crippen molar-refractivity contribution in [2.24, 2.45) is 4.99 Å². The van der Waals surface area contributed by atoms with Crippen LogP contribution in [0.25, 0.3) is 0 Å². The number of nitrogens with zero attached hydrogens (tertiary/aromatic N) is 3. The van der Waals surface area contributed by atoms with Gasteiger partial charge in [0.15, 0.2) is 5.96 Å². The number of aromatic nitrogens is 1. The topological polar surface area (TPSA) is 61.8 Å². The second-order valence-corrected chi connectivity index (χ2v) is 8.11. The molecular weight excluding hydrogens is 370 g/mol. The maximum absolute atomic E-state index is 5.31. The Labute approximate surface area is 172 Å². The molecule has 0 radical (unpaired) electrons. The van der Waals surface area contributed by atoms with Gasteiger partial charge in [-0.3, -0.25) is 9.89 Å². The number of ether oxygens (including phenoxy) is 1. The van der Waals surface area contributed by atoms with E-state index in [9.17, 15) is 0 Å². The smallest absolute Gasteiger partial charge is 0.191 e. The van der Waals surface area contributed by atoms with E-state index in [0.717, 1.165) is 42.8 Å². The first kappa shape index (κ1) is 20.6. The fourth-order valence-electron chi connectivity index (χ4n) is 3.50. The number of likely N-dealkylation sites (tertiary alicyclic amines) is 1. The molecule has 0 saturated carbocycles.